The van der Waals surface area contributed by atoms with Crippen molar-refractivity contribution in [3.8, 4) is 11.3 Å². The van der Waals surface area contributed by atoms with Crippen molar-refractivity contribution in [1.29, 1.82) is 0 Å². The van der Waals surface area contributed by atoms with Gasteiger partial charge in [-0.25, -0.2) is 4.98 Å². The monoisotopic (exact) mass is 306 g/mol. The van der Waals surface area contributed by atoms with E-state index >= 15 is 0 Å². The zero-order valence-corrected chi connectivity index (χ0v) is 12.7. The van der Waals surface area contributed by atoms with Gasteiger partial charge in [-0.05, 0) is 0 Å². The fourth-order valence-electron chi connectivity index (χ4n) is 2.88. The number of aromatic nitrogens is 4. The van der Waals surface area contributed by atoms with Crippen LogP contribution < -0.4 is 10.2 Å². The number of piperazine rings is 1. The summed E-state index contributed by atoms with van der Waals surface area (Å²) in [6.07, 6.45) is 7.51. The number of aromatic amines is 1. The molecule has 4 rings (SSSR count). The standard InChI is InChI=1S/C17H18N6/c1-2-4-13(5-3-1)15-10-20-17(11-19-15)23-7-6-18-16(12-23)14-8-21-22-9-14/h1-5,8-11,16,18H,6-7,12H2,(H,21,22). The molecule has 6 heteroatoms. The van der Waals surface area contributed by atoms with Gasteiger partial charge >= 0.3 is 0 Å². The van der Waals surface area contributed by atoms with Crippen LogP contribution in [0.1, 0.15) is 11.6 Å². The maximum Gasteiger partial charge on any atom is 0.147 e. The molecule has 2 N–H and O–H groups in total. The van der Waals surface area contributed by atoms with Gasteiger partial charge in [0, 0.05) is 37.0 Å². The highest BCUT2D eigenvalue weighted by Gasteiger charge is 2.22. The molecule has 1 atom stereocenters. The van der Waals surface area contributed by atoms with Gasteiger partial charge in [-0.2, -0.15) is 5.10 Å². The summed E-state index contributed by atoms with van der Waals surface area (Å²) >= 11 is 0. The fourth-order valence-corrected chi connectivity index (χ4v) is 2.88. The quantitative estimate of drug-likeness (QED) is 0.775. The minimum absolute atomic E-state index is 0.262. The van der Waals surface area contributed by atoms with Crippen LogP contribution in [0.25, 0.3) is 11.3 Å². The summed E-state index contributed by atoms with van der Waals surface area (Å²) in [5.41, 5.74) is 3.16. The highest BCUT2D eigenvalue weighted by Crippen LogP contribution is 2.21. The van der Waals surface area contributed by atoms with Crippen molar-refractivity contribution >= 4 is 5.82 Å². The minimum atomic E-state index is 0.262. The number of anilines is 1. The molecule has 0 bridgehead atoms. The van der Waals surface area contributed by atoms with Gasteiger partial charge in [0.05, 0.1) is 30.3 Å². The predicted molar refractivity (Wildman–Crippen MR) is 89.0 cm³/mol. The summed E-state index contributed by atoms with van der Waals surface area (Å²) in [7, 11) is 0. The van der Waals surface area contributed by atoms with E-state index in [0.29, 0.717) is 0 Å². The van der Waals surface area contributed by atoms with Gasteiger partial charge in [0.25, 0.3) is 0 Å². The lowest BCUT2D eigenvalue weighted by Gasteiger charge is -2.33. The maximum atomic E-state index is 4.61. The van der Waals surface area contributed by atoms with Crippen molar-refractivity contribution in [3.05, 3.63) is 60.7 Å². The third kappa shape index (κ3) is 2.93. The summed E-state index contributed by atoms with van der Waals surface area (Å²) in [6, 6.07) is 10.4. The fraction of sp³-hybridized carbons (Fsp3) is 0.235. The zero-order valence-electron chi connectivity index (χ0n) is 12.7. The van der Waals surface area contributed by atoms with E-state index in [1.54, 1.807) is 0 Å². The van der Waals surface area contributed by atoms with Crippen molar-refractivity contribution in [2.75, 3.05) is 24.5 Å². The SMILES string of the molecule is c1ccc(-c2cnc(N3CCNC(c4cn[nH]c4)C3)cn2)cc1. The Hall–Kier alpha value is -2.73. The summed E-state index contributed by atoms with van der Waals surface area (Å²) in [5, 5.41) is 10.4. The van der Waals surface area contributed by atoms with Crippen molar-refractivity contribution in [2.45, 2.75) is 6.04 Å². The minimum Gasteiger partial charge on any atom is -0.352 e. The average Bonchev–Trinajstić information content (AvgIpc) is 3.18. The van der Waals surface area contributed by atoms with Crippen LogP contribution in [0, 0.1) is 0 Å². The lowest BCUT2D eigenvalue weighted by Crippen LogP contribution is -2.46. The summed E-state index contributed by atoms with van der Waals surface area (Å²) in [4.78, 5) is 11.4. The predicted octanol–water partition coefficient (Wildman–Crippen LogP) is 2.02. The van der Waals surface area contributed by atoms with Crippen LogP contribution in [-0.2, 0) is 0 Å². The second-order valence-electron chi connectivity index (χ2n) is 5.61. The molecule has 0 amide bonds. The van der Waals surface area contributed by atoms with Crippen molar-refractivity contribution in [3.63, 3.8) is 0 Å². The molecule has 1 unspecified atom stereocenters. The smallest absolute Gasteiger partial charge is 0.147 e. The average molecular weight is 306 g/mol. The van der Waals surface area contributed by atoms with Crippen molar-refractivity contribution < 1.29 is 0 Å². The number of H-pyrrole nitrogens is 1. The zero-order chi connectivity index (χ0) is 15.5. The molecule has 3 heterocycles. The van der Waals surface area contributed by atoms with E-state index in [0.717, 1.165) is 36.7 Å². The number of rotatable bonds is 3. The van der Waals surface area contributed by atoms with E-state index in [9.17, 15) is 0 Å². The van der Waals surface area contributed by atoms with E-state index in [1.165, 1.54) is 5.56 Å². The van der Waals surface area contributed by atoms with E-state index in [1.807, 2.05) is 55.1 Å². The number of benzene rings is 1. The molecule has 0 radical (unpaired) electrons. The third-order valence-corrected chi connectivity index (χ3v) is 4.13. The molecule has 3 aromatic rings. The van der Waals surface area contributed by atoms with Crippen LogP contribution in [0.15, 0.2) is 55.1 Å². The van der Waals surface area contributed by atoms with Gasteiger partial charge < -0.3 is 10.2 Å². The van der Waals surface area contributed by atoms with E-state index in [4.69, 9.17) is 0 Å². The van der Waals surface area contributed by atoms with Crippen LogP contribution in [-0.4, -0.2) is 39.8 Å². The second-order valence-corrected chi connectivity index (χ2v) is 5.61. The Bertz CT molecular complexity index is 739. The molecule has 1 aromatic carbocycles. The second kappa shape index (κ2) is 6.18. The van der Waals surface area contributed by atoms with Gasteiger partial charge in [-0.15, -0.1) is 0 Å². The van der Waals surface area contributed by atoms with Crippen LogP contribution in [0.5, 0.6) is 0 Å². The van der Waals surface area contributed by atoms with E-state index in [-0.39, 0.29) is 6.04 Å². The molecule has 6 nitrogen and oxygen atoms in total. The molecular formula is C17H18N6. The number of nitrogens with one attached hydrogen (secondary N) is 2. The van der Waals surface area contributed by atoms with Gasteiger partial charge in [0.2, 0.25) is 0 Å². The lowest BCUT2D eigenvalue weighted by molar-refractivity contribution is 0.469. The molecular weight excluding hydrogens is 288 g/mol. The van der Waals surface area contributed by atoms with Gasteiger partial charge in [-0.1, -0.05) is 30.3 Å². The van der Waals surface area contributed by atoms with Crippen LogP contribution in [0.4, 0.5) is 5.82 Å². The van der Waals surface area contributed by atoms with Crippen molar-refractivity contribution in [1.82, 2.24) is 25.5 Å². The van der Waals surface area contributed by atoms with Gasteiger partial charge in [0.1, 0.15) is 5.82 Å². The normalized spacial score (nSPS) is 18.1. The highest BCUT2D eigenvalue weighted by atomic mass is 15.2. The Labute approximate surface area is 134 Å². The molecule has 0 saturated carbocycles. The van der Waals surface area contributed by atoms with Crippen molar-refractivity contribution in [2.24, 2.45) is 0 Å². The van der Waals surface area contributed by atoms with Crippen LogP contribution in [0.3, 0.4) is 0 Å². The summed E-state index contributed by atoms with van der Waals surface area (Å²) in [6.45, 7) is 2.70. The van der Waals surface area contributed by atoms with E-state index in [2.05, 4.69) is 30.4 Å². The number of nitrogens with zero attached hydrogens (tertiary/aromatic N) is 4. The summed E-state index contributed by atoms with van der Waals surface area (Å²) in [5.74, 6) is 0.916. The summed E-state index contributed by atoms with van der Waals surface area (Å²) < 4.78 is 0. The number of hydrogen-bond donors (Lipinski definition) is 2. The third-order valence-electron chi connectivity index (χ3n) is 4.13. The molecule has 1 aliphatic heterocycles. The largest absolute Gasteiger partial charge is 0.352 e. The Morgan fingerprint density at radius 3 is 2.70 bits per heavy atom. The molecule has 116 valence electrons. The molecule has 2 aromatic heterocycles. The van der Waals surface area contributed by atoms with Gasteiger partial charge in [-0.3, -0.25) is 10.1 Å². The van der Waals surface area contributed by atoms with Crippen LogP contribution >= 0.6 is 0 Å². The van der Waals surface area contributed by atoms with Gasteiger partial charge in [0.15, 0.2) is 0 Å². The molecule has 1 saturated heterocycles. The Kier molecular flexibility index (Phi) is 3.73. The molecule has 0 aliphatic carbocycles. The lowest BCUT2D eigenvalue weighted by atomic mass is 10.1. The number of hydrogen-bond acceptors (Lipinski definition) is 5. The Morgan fingerprint density at radius 2 is 1.96 bits per heavy atom. The Balaban J connectivity index is 1.51. The van der Waals surface area contributed by atoms with Crippen LogP contribution in [0.2, 0.25) is 0 Å². The Morgan fingerprint density at radius 1 is 1.04 bits per heavy atom. The first-order valence-electron chi connectivity index (χ1n) is 7.74. The first-order chi connectivity index (χ1) is 11.4. The first kappa shape index (κ1) is 13.9. The molecule has 23 heavy (non-hydrogen) atoms. The van der Waals surface area contributed by atoms with E-state index < -0.39 is 0 Å². The molecule has 1 fully saturated rings. The highest BCUT2D eigenvalue weighted by molar-refractivity contribution is 5.58. The molecule has 1 aliphatic rings. The first-order valence-corrected chi connectivity index (χ1v) is 7.74. The maximum absolute atomic E-state index is 4.61. The molecule has 0 spiro atoms. The topological polar surface area (TPSA) is 69.7 Å².